The molecule has 1 aliphatic rings. The van der Waals surface area contributed by atoms with E-state index in [9.17, 15) is 15.4 Å². The molecule has 0 amide bonds. The Kier molecular flexibility index (Phi) is 5.71. The van der Waals surface area contributed by atoms with Crippen molar-refractivity contribution in [1.82, 2.24) is 29.4 Å². The van der Waals surface area contributed by atoms with Crippen molar-refractivity contribution in [3.8, 4) is 6.07 Å². The van der Waals surface area contributed by atoms with Gasteiger partial charge in [0.15, 0.2) is 0 Å². The van der Waals surface area contributed by atoms with Crippen LogP contribution in [0.2, 0.25) is 0 Å². The van der Waals surface area contributed by atoms with Gasteiger partial charge in [-0.15, -0.1) is 0 Å². The Balaban J connectivity index is 1.50. The fourth-order valence-electron chi connectivity index (χ4n) is 3.84. The molecule has 0 radical (unpaired) electrons. The van der Waals surface area contributed by atoms with E-state index in [2.05, 4.69) is 56.2 Å². The minimum Gasteiger partial charge on any atom is -0.338 e. The number of hydrogen-bond acceptors (Lipinski definition) is 9. The van der Waals surface area contributed by atoms with Gasteiger partial charge in [0.05, 0.1) is 4.92 Å². The van der Waals surface area contributed by atoms with Crippen molar-refractivity contribution in [3.05, 3.63) is 46.3 Å². The molecule has 0 saturated carbocycles. The zero-order valence-corrected chi connectivity index (χ0v) is 18.4. The number of nitriles is 1. The van der Waals surface area contributed by atoms with Crippen LogP contribution in [-0.4, -0.2) is 60.5 Å². The van der Waals surface area contributed by atoms with Crippen LogP contribution in [-0.2, 0) is 13.1 Å². The van der Waals surface area contributed by atoms with Gasteiger partial charge in [-0.1, -0.05) is 20.8 Å². The third-order valence-corrected chi connectivity index (χ3v) is 5.33. The minimum atomic E-state index is -0.498. The van der Waals surface area contributed by atoms with Crippen LogP contribution in [0.5, 0.6) is 0 Å². The zero-order valence-electron chi connectivity index (χ0n) is 18.4. The van der Waals surface area contributed by atoms with Crippen molar-refractivity contribution in [2.75, 3.05) is 31.1 Å². The van der Waals surface area contributed by atoms with Gasteiger partial charge in [-0.2, -0.15) is 5.26 Å². The fourth-order valence-corrected chi connectivity index (χ4v) is 3.84. The van der Waals surface area contributed by atoms with Gasteiger partial charge in [-0.05, 0) is 11.5 Å². The van der Waals surface area contributed by atoms with E-state index in [0.717, 1.165) is 56.0 Å². The van der Waals surface area contributed by atoms with Crippen LogP contribution in [0.15, 0.2) is 24.7 Å². The van der Waals surface area contributed by atoms with E-state index in [1.807, 2.05) is 11.0 Å². The van der Waals surface area contributed by atoms with Crippen LogP contribution in [0.4, 0.5) is 11.6 Å². The predicted octanol–water partition coefficient (Wildman–Crippen LogP) is 2.37. The molecule has 0 spiro atoms. The molecule has 1 saturated heterocycles. The number of rotatable bonds is 5. The third-order valence-electron chi connectivity index (χ3n) is 5.33. The van der Waals surface area contributed by atoms with E-state index >= 15 is 0 Å². The van der Waals surface area contributed by atoms with Crippen molar-refractivity contribution in [3.63, 3.8) is 0 Å². The molecule has 0 bridgehead atoms. The van der Waals surface area contributed by atoms with Crippen molar-refractivity contribution in [1.29, 1.82) is 5.26 Å². The molecule has 166 valence electrons. The standard InChI is InChI=1S/C21H25N9O2/c1-21(2,3)14-29-16(8-15-10-23-18(9-22)26-19(15)29)13-27-4-6-28(7-5-27)20-24-11-17(12-25-20)30(31)32/h8,10-12H,4-7,13-14H2,1-3H3. The summed E-state index contributed by atoms with van der Waals surface area (Å²) in [5, 5.41) is 20.9. The summed E-state index contributed by atoms with van der Waals surface area (Å²) < 4.78 is 2.20. The number of anilines is 1. The highest BCUT2D eigenvalue weighted by Gasteiger charge is 2.23. The van der Waals surface area contributed by atoms with Crippen molar-refractivity contribution < 1.29 is 4.92 Å². The van der Waals surface area contributed by atoms with Gasteiger partial charge in [0.1, 0.15) is 24.1 Å². The predicted molar refractivity (Wildman–Crippen MR) is 118 cm³/mol. The summed E-state index contributed by atoms with van der Waals surface area (Å²) >= 11 is 0. The monoisotopic (exact) mass is 435 g/mol. The van der Waals surface area contributed by atoms with Crippen LogP contribution in [0.3, 0.4) is 0 Å². The first-order valence-corrected chi connectivity index (χ1v) is 10.4. The van der Waals surface area contributed by atoms with Crippen LogP contribution >= 0.6 is 0 Å². The minimum absolute atomic E-state index is 0.0460. The molecule has 0 aromatic carbocycles. The second-order valence-corrected chi connectivity index (χ2v) is 9.13. The summed E-state index contributed by atoms with van der Waals surface area (Å²) in [5.41, 5.74) is 1.87. The van der Waals surface area contributed by atoms with Crippen LogP contribution in [0, 0.1) is 26.9 Å². The molecule has 3 aromatic rings. The van der Waals surface area contributed by atoms with Gasteiger partial charge in [-0.3, -0.25) is 15.0 Å². The highest BCUT2D eigenvalue weighted by molar-refractivity contribution is 5.77. The normalized spacial score (nSPS) is 15.1. The van der Waals surface area contributed by atoms with E-state index in [1.54, 1.807) is 6.20 Å². The Labute approximate surface area is 185 Å². The van der Waals surface area contributed by atoms with Crippen molar-refractivity contribution in [2.45, 2.75) is 33.9 Å². The number of nitrogens with zero attached hydrogens (tertiary/aromatic N) is 9. The maximum absolute atomic E-state index is 10.8. The maximum Gasteiger partial charge on any atom is 0.305 e. The summed E-state index contributed by atoms with van der Waals surface area (Å²) in [5.74, 6) is 0.686. The Morgan fingerprint density at radius 1 is 1.12 bits per heavy atom. The van der Waals surface area contributed by atoms with Gasteiger partial charge < -0.3 is 9.47 Å². The van der Waals surface area contributed by atoms with Crippen LogP contribution in [0.1, 0.15) is 32.3 Å². The summed E-state index contributed by atoms with van der Waals surface area (Å²) in [4.78, 5) is 31.6. The van der Waals surface area contributed by atoms with Gasteiger partial charge >= 0.3 is 5.69 Å². The van der Waals surface area contributed by atoms with Gasteiger partial charge in [0.2, 0.25) is 11.8 Å². The van der Waals surface area contributed by atoms with Gasteiger partial charge in [-0.25, -0.2) is 19.9 Å². The lowest BCUT2D eigenvalue weighted by Crippen LogP contribution is -2.46. The number of aromatic nitrogens is 5. The second kappa shape index (κ2) is 8.47. The summed E-state index contributed by atoms with van der Waals surface area (Å²) in [6.45, 7) is 11.2. The smallest absolute Gasteiger partial charge is 0.305 e. The molecular formula is C21H25N9O2. The highest BCUT2D eigenvalue weighted by Crippen LogP contribution is 2.25. The Hall–Kier alpha value is -3.65. The Bertz CT molecular complexity index is 1170. The maximum atomic E-state index is 10.8. The van der Waals surface area contributed by atoms with E-state index in [4.69, 9.17) is 0 Å². The first-order chi connectivity index (χ1) is 15.2. The van der Waals surface area contributed by atoms with E-state index in [0.29, 0.717) is 5.95 Å². The number of hydrogen-bond donors (Lipinski definition) is 0. The quantitative estimate of drug-likeness (QED) is 0.438. The summed E-state index contributed by atoms with van der Waals surface area (Å²) in [6, 6.07) is 4.13. The SMILES string of the molecule is CC(C)(C)Cn1c(CN2CCN(c3ncc([N+](=O)[O-])cn3)CC2)cc2cnc(C#N)nc21. The van der Waals surface area contributed by atoms with E-state index < -0.39 is 4.92 Å². The second-order valence-electron chi connectivity index (χ2n) is 9.13. The molecule has 11 nitrogen and oxygen atoms in total. The molecule has 0 atom stereocenters. The van der Waals surface area contributed by atoms with Crippen LogP contribution in [0.25, 0.3) is 11.0 Å². The molecule has 1 fully saturated rings. The first kappa shape index (κ1) is 21.6. The molecular weight excluding hydrogens is 410 g/mol. The lowest BCUT2D eigenvalue weighted by Gasteiger charge is -2.35. The van der Waals surface area contributed by atoms with Gasteiger partial charge in [0, 0.05) is 56.5 Å². The van der Waals surface area contributed by atoms with Gasteiger partial charge in [0.25, 0.3) is 0 Å². The van der Waals surface area contributed by atoms with Crippen LogP contribution < -0.4 is 4.90 Å². The van der Waals surface area contributed by atoms with E-state index in [-0.39, 0.29) is 16.9 Å². The molecule has 0 N–H and O–H groups in total. The van der Waals surface area contributed by atoms with E-state index in [1.165, 1.54) is 12.4 Å². The Morgan fingerprint density at radius 2 is 1.81 bits per heavy atom. The third kappa shape index (κ3) is 4.65. The lowest BCUT2D eigenvalue weighted by atomic mass is 9.97. The molecule has 4 rings (SSSR count). The highest BCUT2D eigenvalue weighted by atomic mass is 16.6. The number of piperazine rings is 1. The van der Waals surface area contributed by atoms with Crippen molar-refractivity contribution in [2.24, 2.45) is 5.41 Å². The lowest BCUT2D eigenvalue weighted by molar-refractivity contribution is -0.385. The number of fused-ring (bicyclic) bond motifs is 1. The molecule has 4 heterocycles. The molecule has 0 unspecified atom stereocenters. The largest absolute Gasteiger partial charge is 0.338 e. The zero-order chi connectivity index (χ0) is 22.9. The first-order valence-electron chi connectivity index (χ1n) is 10.4. The molecule has 32 heavy (non-hydrogen) atoms. The molecule has 3 aromatic heterocycles. The van der Waals surface area contributed by atoms with Crippen molar-refractivity contribution >= 4 is 22.7 Å². The fraction of sp³-hybridized carbons (Fsp3) is 0.476. The molecule has 11 heteroatoms. The number of nitro groups is 1. The summed E-state index contributed by atoms with van der Waals surface area (Å²) in [6.07, 6.45) is 4.21. The molecule has 0 aliphatic carbocycles. The average molecular weight is 435 g/mol. The topological polar surface area (TPSA) is 130 Å². The Morgan fingerprint density at radius 3 is 2.41 bits per heavy atom. The average Bonchev–Trinajstić information content (AvgIpc) is 3.09. The summed E-state index contributed by atoms with van der Waals surface area (Å²) in [7, 11) is 0. The molecule has 1 aliphatic heterocycles.